The predicted molar refractivity (Wildman–Crippen MR) is 209 cm³/mol. The van der Waals surface area contributed by atoms with Crippen molar-refractivity contribution in [3.05, 3.63) is 57.6 Å². The summed E-state index contributed by atoms with van der Waals surface area (Å²) in [6, 6.07) is 8.35. The molecule has 0 saturated carbocycles. The van der Waals surface area contributed by atoms with Gasteiger partial charge in [-0.05, 0) is 82.7 Å². The van der Waals surface area contributed by atoms with Gasteiger partial charge in [-0.1, -0.05) is 119 Å². The lowest BCUT2D eigenvalue weighted by Crippen LogP contribution is -2.62. The first kappa shape index (κ1) is 41.1. The SMILES string of the molecule is CC(C)(C)c1cc(CC#COCCN2C(C)(C)CC(OC#CCc3cc(C(C)(C)C)c(O)c(C(C)(C)C)c3)CC2(C)C)cc(C(C)(C)C)c1O. The molecule has 2 N–H and O–H groups in total. The Morgan fingerprint density at radius 3 is 1.30 bits per heavy atom. The van der Waals surface area contributed by atoms with Gasteiger partial charge < -0.3 is 19.7 Å². The number of phenols is 2. The summed E-state index contributed by atoms with van der Waals surface area (Å²) in [7, 11) is 0. The summed E-state index contributed by atoms with van der Waals surface area (Å²) < 4.78 is 12.1. The summed E-state index contributed by atoms with van der Waals surface area (Å²) in [4.78, 5) is 2.51. The molecule has 3 rings (SSSR count). The molecule has 1 aliphatic heterocycles. The van der Waals surface area contributed by atoms with Crippen LogP contribution in [0.2, 0.25) is 0 Å². The zero-order valence-electron chi connectivity index (χ0n) is 34.3. The molecule has 1 fully saturated rings. The Hall–Kier alpha value is -3.28. The highest BCUT2D eigenvalue weighted by Crippen LogP contribution is 2.42. The molecule has 5 heteroatoms. The van der Waals surface area contributed by atoms with Crippen LogP contribution in [-0.2, 0) is 44.0 Å². The van der Waals surface area contributed by atoms with Crippen molar-refractivity contribution in [3.63, 3.8) is 0 Å². The van der Waals surface area contributed by atoms with Crippen molar-refractivity contribution in [3.8, 4) is 35.6 Å². The van der Waals surface area contributed by atoms with Crippen LogP contribution < -0.4 is 0 Å². The Labute approximate surface area is 305 Å². The second-order valence-corrected chi connectivity index (χ2v) is 19.8. The molecule has 0 unspecified atom stereocenters. The first-order valence-electron chi connectivity index (χ1n) is 18.4. The summed E-state index contributed by atoms with van der Waals surface area (Å²) in [6.07, 6.45) is 8.88. The highest BCUT2D eigenvalue weighted by Gasteiger charge is 2.46. The molecule has 1 saturated heterocycles. The average molecular weight is 686 g/mol. The van der Waals surface area contributed by atoms with Gasteiger partial charge in [0.15, 0.2) is 0 Å². The Morgan fingerprint density at radius 2 is 0.960 bits per heavy atom. The molecule has 0 aromatic heterocycles. The van der Waals surface area contributed by atoms with Crippen LogP contribution in [0, 0.1) is 24.1 Å². The molecule has 50 heavy (non-hydrogen) atoms. The maximum atomic E-state index is 11.1. The largest absolute Gasteiger partial charge is 0.507 e. The molecule has 276 valence electrons. The molecule has 1 heterocycles. The topological polar surface area (TPSA) is 62.2 Å². The quantitative estimate of drug-likeness (QED) is 0.234. The van der Waals surface area contributed by atoms with E-state index in [0.29, 0.717) is 30.9 Å². The van der Waals surface area contributed by atoms with Crippen molar-refractivity contribution in [2.75, 3.05) is 13.2 Å². The summed E-state index contributed by atoms with van der Waals surface area (Å²) in [5.41, 5.74) is 5.09. The molecule has 0 amide bonds. The fourth-order valence-corrected chi connectivity index (χ4v) is 7.43. The van der Waals surface area contributed by atoms with E-state index < -0.39 is 0 Å². The zero-order chi connectivity index (χ0) is 38.1. The number of hydrogen-bond donors (Lipinski definition) is 2. The average Bonchev–Trinajstić information content (AvgIpc) is 2.92. The van der Waals surface area contributed by atoms with E-state index in [1.54, 1.807) is 0 Å². The number of nitrogens with zero attached hydrogens (tertiary/aromatic N) is 1. The molecule has 0 radical (unpaired) electrons. The minimum atomic E-state index is -0.173. The molecule has 0 bridgehead atoms. The molecular formula is C45H67NO4. The number of rotatable bonds is 6. The van der Waals surface area contributed by atoms with Crippen LogP contribution in [0.4, 0.5) is 0 Å². The zero-order valence-corrected chi connectivity index (χ0v) is 34.3. The molecule has 2 aromatic rings. The van der Waals surface area contributed by atoms with E-state index in [-0.39, 0.29) is 38.8 Å². The first-order chi connectivity index (χ1) is 22.6. The van der Waals surface area contributed by atoms with Crippen molar-refractivity contribution in [1.29, 1.82) is 0 Å². The van der Waals surface area contributed by atoms with E-state index >= 15 is 0 Å². The van der Waals surface area contributed by atoms with Gasteiger partial charge in [0.05, 0.1) is 0 Å². The van der Waals surface area contributed by atoms with Crippen molar-refractivity contribution in [2.45, 2.75) is 175 Å². The van der Waals surface area contributed by atoms with Gasteiger partial charge >= 0.3 is 0 Å². The van der Waals surface area contributed by atoms with Gasteiger partial charge in [-0.25, -0.2) is 0 Å². The molecule has 1 aliphatic rings. The van der Waals surface area contributed by atoms with Gasteiger partial charge in [-0.2, -0.15) is 0 Å². The minimum Gasteiger partial charge on any atom is -0.507 e. The number of phenolic OH excluding ortho intramolecular Hbond substituents is 2. The van der Waals surface area contributed by atoms with Crippen LogP contribution >= 0.6 is 0 Å². The van der Waals surface area contributed by atoms with Crippen LogP contribution in [-0.4, -0.2) is 45.4 Å². The second-order valence-electron chi connectivity index (χ2n) is 19.8. The Balaban J connectivity index is 1.62. The van der Waals surface area contributed by atoms with Crippen molar-refractivity contribution >= 4 is 0 Å². The number of piperidine rings is 1. The monoisotopic (exact) mass is 686 g/mol. The van der Waals surface area contributed by atoms with Crippen molar-refractivity contribution in [1.82, 2.24) is 4.90 Å². The van der Waals surface area contributed by atoms with Crippen LogP contribution in [0.1, 0.15) is 157 Å². The third-order valence-electron chi connectivity index (χ3n) is 9.93. The van der Waals surface area contributed by atoms with E-state index in [1.807, 2.05) is 0 Å². The number of benzene rings is 2. The molecular weight excluding hydrogens is 618 g/mol. The summed E-state index contributed by atoms with van der Waals surface area (Å²) in [6.45, 7) is 35.9. The predicted octanol–water partition coefficient (Wildman–Crippen LogP) is 10.0. The third-order valence-corrected chi connectivity index (χ3v) is 9.93. The lowest BCUT2D eigenvalue weighted by Gasteiger charge is -2.54. The van der Waals surface area contributed by atoms with E-state index in [4.69, 9.17) is 9.47 Å². The maximum Gasteiger partial charge on any atom is 0.123 e. The van der Waals surface area contributed by atoms with Crippen LogP contribution in [0.25, 0.3) is 0 Å². The lowest BCUT2D eigenvalue weighted by molar-refractivity contribution is -0.0854. The number of likely N-dealkylation sites (tertiary alicyclic amines) is 1. The second kappa shape index (κ2) is 14.8. The smallest absolute Gasteiger partial charge is 0.123 e. The van der Waals surface area contributed by atoms with Gasteiger partial charge in [-0.3, -0.25) is 4.90 Å². The molecule has 5 nitrogen and oxygen atoms in total. The number of aromatic hydroxyl groups is 2. The summed E-state index contributed by atoms with van der Waals surface area (Å²) >= 11 is 0. The van der Waals surface area contributed by atoms with Crippen molar-refractivity contribution < 1.29 is 19.7 Å². The highest BCUT2D eigenvalue weighted by atomic mass is 16.5. The fraction of sp³-hybridized carbons (Fsp3) is 0.644. The molecule has 0 atom stereocenters. The standard InChI is InChI=1S/C45H67NO4/c1-40(2,3)34-25-31(26-35(38(34)47)41(4,5)6)19-17-22-49-24-21-46-44(13,14)29-33(30-45(46,15)16)50-23-18-20-32-27-36(42(7,8)9)39(48)37(28-32)43(10,11)12/h25-28,33,47-48H,19-21,24,29-30H2,1-16H3. The van der Waals surface area contributed by atoms with Gasteiger partial charge in [0.2, 0.25) is 0 Å². The van der Waals surface area contributed by atoms with Gasteiger partial charge in [0, 0.05) is 43.3 Å². The number of ether oxygens (including phenoxy) is 2. The molecule has 2 aromatic carbocycles. The molecule has 0 spiro atoms. The Kier molecular flexibility index (Phi) is 12.1. The lowest BCUT2D eigenvalue weighted by atomic mass is 9.78. The molecule has 0 aliphatic carbocycles. The third kappa shape index (κ3) is 10.4. The normalized spacial score (nSPS) is 17.0. The van der Waals surface area contributed by atoms with Gasteiger partial charge in [0.25, 0.3) is 0 Å². The Bertz CT molecular complexity index is 1540. The maximum absolute atomic E-state index is 11.1. The van der Waals surface area contributed by atoms with E-state index in [9.17, 15) is 10.2 Å². The van der Waals surface area contributed by atoms with E-state index in [0.717, 1.165) is 52.8 Å². The van der Waals surface area contributed by atoms with Crippen LogP contribution in [0.15, 0.2) is 24.3 Å². The fourth-order valence-electron chi connectivity index (χ4n) is 7.43. The van der Waals surface area contributed by atoms with Crippen molar-refractivity contribution in [2.24, 2.45) is 0 Å². The summed E-state index contributed by atoms with van der Waals surface area (Å²) in [5.74, 6) is 7.26. The minimum absolute atomic E-state index is 0.0286. The van der Waals surface area contributed by atoms with Crippen LogP contribution in [0.3, 0.4) is 0 Å². The van der Waals surface area contributed by atoms with Gasteiger partial charge in [-0.15, -0.1) is 0 Å². The van der Waals surface area contributed by atoms with E-state index in [2.05, 4.69) is 164 Å². The first-order valence-corrected chi connectivity index (χ1v) is 18.4. The summed E-state index contributed by atoms with van der Waals surface area (Å²) in [5, 5.41) is 22.1. The Morgan fingerprint density at radius 1 is 0.620 bits per heavy atom. The number of hydrogen-bond acceptors (Lipinski definition) is 5. The van der Waals surface area contributed by atoms with Crippen LogP contribution in [0.5, 0.6) is 11.5 Å². The highest BCUT2D eigenvalue weighted by molar-refractivity contribution is 5.51. The van der Waals surface area contributed by atoms with Gasteiger partial charge in [0.1, 0.15) is 36.4 Å². The van der Waals surface area contributed by atoms with E-state index in [1.165, 1.54) is 0 Å².